The molecule has 1 aromatic heterocycles. The summed E-state index contributed by atoms with van der Waals surface area (Å²) in [6, 6.07) is 3.05. The number of carbonyl (C=O) groups is 2. The summed E-state index contributed by atoms with van der Waals surface area (Å²) in [7, 11) is 0. The van der Waals surface area contributed by atoms with Gasteiger partial charge in [-0.3, -0.25) is 9.78 Å². The van der Waals surface area contributed by atoms with Crippen LogP contribution in [0, 0.1) is 12.8 Å². The summed E-state index contributed by atoms with van der Waals surface area (Å²) in [6.07, 6.45) is 2.94. The highest BCUT2D eigenvalue weighted by Crippen LogP contribution is 2.05. The van der Waals surface area contributed by atoms with Gasteiger partial charge >= 0.3 is 0 Å². The van der Waals surface area contributed by atoms with E-state index >= 15 is 0 Å². The average molecular weight is 234 g/mol. The Bertz CT molecular complexity index is 385. The van der Waals surface area contributed by atoms with Gasteiger partial charge in [0.2, 0.25) is 0 Å². The molecule has 1 aromatic rings. The summed E-state index contributed by atoms with van der Waals surface area (Å²) >= 11 is 0. The first-order chi connectivity index (χ1) is 8.02. The molecule has 0 spiro atoms. The van der Waals surface area contributed by atoms with Crippen LogP contribution in [0.4, 0.5) is 0 Å². The maximum Gasteiger partial charge on any atom is 0.253 e. The number of pyridine rings is 1. The third-order valence-electron chi connectivity index (χ3n) is 2.38. The molecule has 0 bridgehead atoms. The molecular weight excluding hydrogens is 216 g/mol. The molecule has 0 radical (unpaired) electrons. The lowest BCUT2D eigenvalue weighted by Crippen LogP contribution is -2.37. The average Bonchev–Trinajstić information content (AvgIpc) is 2.28. The quantitative estimate of drug-likeness (QED) is 0.789. The highest BCUT2D eigenvalue weighted by Gasteiger charge is 2.14. The first-order valence-corrected chi connectivity index (χ1v) is 5.71. The summed E-state index contributed by atoms with van der Waals surface area (Å²) in [5.41, 5.74) is 1.34. The molecule has 0 saturated carbocycles. The standard InChI is InChI=1S/C13H18N2O2/c1-9(2)6-12(8-16)15-13(17)11-5-4-10(3)14-7-11/h4-5,7-9,12H,6H2,1-3H3,(H,15,17)/t12-/m0/s1. The van der Waals surface area contributed by atoms with Crippen LogP contribution in [-0.2, 0) is 4.79 Å². The van der Waals surface area contributed by atoms with Crippen LogP contribution in [-0.4, -0.2) is 23.2 Å². The fourth-order valence-corrected chi connectivity index (χ4v) is 1.51. The van der Waals surface area contributed by atoms with E-state index in [1.807, 2.05) is 20.8 Å². The SMILES string of the molecule is Cc1ccc(C(=O)N[C@H](C=O)CC(C)C)cn1. The molecule has 17 heavy (non-hydrogen) atoms. The molecule has 4 heteroatoms. The molecule has 0 aliphatic carbocycles. The molecular formula is C13H18N2O2. The Morgan fingerprint density at radius 3 is 2.65 bits per heavy atom. The van der Waals surface area contributed by atoms with Gasteiger partial charge in [0.05, 0.1) is 11.6 Å². The van der Waals surface area contributed by atoms with Crippen molar-refractivity contribution in [3.05, 3.63) is 29.6 Å². The van der Waals surface area contributed by atoms with Crippen LogP contribution in [0.15, 0.2) is 18.3 Å². The van der Waals surface area contributed by atoms with Crippen LogP contribution >= 0.6 is 0 Å². The number of aryl methyl sites for hydroxylation is 1. The highest BCUT2D eigenvalue weighted by atomic mass is 16.2. The van der Waals surface area contributed by atoms with E-state index in [4.69, 9.17) is 0 Å². The van der Waals surface area contributed by atoms with E-state index in [1.54, 1.807) is 12.1 Å². The van der Waals surface area contributed by atoms with Crippen LogP contribution < -0.4 is 5.32 Å². The van der Waals surface area contributed by atoms with Crippen LogP contribution in [0.2, 0.25) is 0 Å². The number of hydrogen-bond donors (Lipinski definition) is 1. The number of hydrogen-bond acceptors (Lipinski definition) is 3. The van der Waals surface area contributed by atoms with E-state index in [0.29, 0.717) is 17.9 Å². The molecule has 1 heterocycles. The normalized spacial score (nSPS) is 12.2. The van der Waals surface area contributed by atoms with E-state index < -0.39 is 6.04 Å². The number of aldehydes is 1. The third kappa shape index (κ3) is 4.34. The predicted molar refractivity (Wildman–Crippen MR) is 65.7 cm³/mol. The molecule has 1 N–H and O–H groups in total. The summed E-state index contributed by atoms with van der Waals surface area (Å²) in [5, 5.41) is 2.69. The van der Waals surface area contributed by atoms with Crippen LogP contribution in [0.1, 0.15) is 36.3 Å². The second-order valence-corrected chi connectivity index (χ2v) is 4.53. The van der Waals surface area contributed by atoms with Gasteiger partial charge in [-0.05, 0) is 31.4 Å². The number of nitrogens with zero attached hydrogens (tertiary/aromatic N) is 1. The summed E-state index contributed by atoms with van der Waals surface area (Å²) < 4.78 is 0. The van der Waals surface area contributed by atoms with E-state index in [2.05, 4.69) is 10.3 Å². The van der Waals surface area contributed by atoms with E-state index in [9.17, 15) is 9.59 Å². The molecule has 0 fully saturated rings. The Hall–Kier alpha value is -1.71. The van der Waals surface area contributed by atoms with Crippen LogP contribution in [0.3, 0.4) is 0 Å². The fraction of sp³-hybridized carbons (Fsp3) is 0.462. The molecule has 0 aromatic carbocycles. The van der Waals surface area contributed by atoms with Crippen molar-refractivity contribution in [2.75, 3.05) is 0 Å². The number of amides is 1. The number of aromatic nitrogens is 1. The summed E-state index contributed by atoms with van der Waals surface area (Å²) in [6.45, 7) is 5.88. The van der Waals surface area contributed by atoms with Crippen molar-refractivity contribution in [3.63, 3.8) is 0 Å². The molecule has 0 aliphatic rings. The summed E-state index contributed by atoms with van der Waals surface area (Å²) in [5.74, 6) is 0.108. The molecule has 1 amide bonds. The molecule has 92 valence electrons. The van der Waals surface area contributed by atoms with Crippen molar-refractivity contribution in [1.29, 1.82) is 0 Å². The minimum absolute atomic E-state index is 0.254. The van der Waals surface area contributed by atoms with Crippen molar-refractivity contribution in [3.8, 4) is 0 Å². The second kappa shape index (κ2) is 6.13. The Morgan fingerprint density at radius 2 is 2.18 bits per heavy atom. The maximum absolute atomic E-state index is 11.8. The van der Waals surface area contributed by atoms with Gasteiger partial charge in [0.15, 0.2) is 0 Å². The largest absolute Gasteiger partial charge is 0.342 e. The van der Waals surface area contributed by atoms with Crippen molar-refractivity contribution < 1.29 is 9.59 Å². The molecule has 1 atom stereocenters. The van der Waals surface area contributed by atoms with Crippen LogP contribution in [0.5, 0.6) is 0 Å². The molecule has 0 saturated heterocycles. The fourth-order valence-electron chi connectivity index (χ4n) is 1.51. The van der Waals surface area contributed by atoms with Gasteiger partial charge in [-0.1, -0.05) is 13.8 Å². The van der Waals surface area contributed by atoms with E-state index in [0.717, 1.165) is 12.0 Å². The first kappa shape index (κ1) is 13.4. The zero-order valence-electron chi connectivity index (χ0n) is 10.4. The minimum Gasteiger partial charge on any atom is -0.342 e. The molecule has 4 nitrogen and oxygen atoms in total. The lowest BCUT2D eigenvalue weighted by Gasteiger charge is -2.14. The number of carbonyl (C=O) groups excluding carboxylic acids is 2. The van der Waals surface area contributed by atoms with Gasteiger partial charge in [-0.15, -0.1) is 0 Å². The lowest BCUT2D eigenvalue weighted by atomic mass is 10.0. The van der Waals surface area contributed by atoms with E-state index in [-0.39, 0.29) is 5.91 Å². The summed E-state index contributed by atoms with van der Waals surface area (Å²) in [4.78, 5) is 26.7. The smallest absolute Gasteiger partial charge is 0.253 e. The Kier molecular flexibility index (Phi) is 4.82. The third-order valence-corrected chi connectivity index (χ3v) is 2.38. The van der Waals surface area contributed by atoms with Gasteiger partial charge < -0.3 is 10.1 Å². The Morgan fingerprint density at radius 1 is 1.47 bits per heavy atom. The van der Waals surface area contributed by atoms with Gasteiger partial charge in [-0.25, -0.2) is 0 Å². The van der Waals surface area contributed by atoms with Gasteiger partial charge in [0, 0.05) is 11.9 Å². The van der Waals surface area contributed by atoms with Crippen molar-refractivity contribution >= 4 is 12.2 Å². The molecule has 0 aliphatic heterocycles. The van der Waals surface area contributed by atoms with Crippen molar-refractivity contribution in [1.82, 2.24) is 10.3 Å². The first-order valence-electron chi connectivity index (χ1n) is 5.71. The highest BCUT2D eigenvalue weighted by molar-refractivity contribution is 5.95. The van der Waals surface area contributed by atoms with Crippen molar-refractivity contribution in [2.45, 2.75) is 33.2 Å². The lowest BCUT2D eigenvalue weighted by molar-refractivity contribution is -0.109. The molecule has 0 unspecified atom stereocenters. The minimum atomic E-state index is -0.427. The number of rotatable bonds is 5. The van der Waals surface area contributed by atoms with Gasteiger partial charge in [0.25, 0.3) is 5.91 Å². The molecule has 1 rings (SSSR count). The topological polar surface area (TPSA) is 59.1 Å². The van der Waals surface area contributed by atoms with Crippen LogP contribution in [0.25, 0.3) is 0 Å². The predicted octanol–water partition coefficient (Wildman–Crippen LogP) is 1.73. The van der Waals surface area contributed by atoms with Gasteiger partial charge in [0.1, 0.15) is 6.29 Å². The van der Waals surface area contributed by atoms with Gasteiger partial charge in [-0.2, -0.15) is 0 Å². The zero-order valence-corrected chi connectivity index (χ0v) is 10.4. The Balaban J connectivity index is 2.64. The van der Waals surface area contributed by atoms with Crippen molar-refractivity contribution in [2.24, 2.45) is 5.92 Å². The Labute approximate surface area is 101 Å². The maximum atomic E-state index is 11.8. The zero-order chi connectivity index (χ0) is 12.8. The number of nitrogens with one attached hydrogen (secondary N) is 1. The second-order valence-electron chi connectivity index (χ2n) is 4.53. The monoisotopic (exact) mass is 234 g/mol. The van der Waals surface area contributed by atoms with E-state index in [1.165, 1.54) is 6.20 Å².